The van der Waals surface area contributed by atoms with Gasteiger partial charge in [0.25, 0.3) is 0 Å². The molecule has 28 valence electrons. The fourth-order valence-corrected chi connectivity index (χ4v) is 0. The second-order valence-corrected chi connectivity index (χ2v) is 0.627. The van der Waals surface area contributed by atoms with Gasteiger partial charge in [0.05, 0.1) is 0 Å². The van der Waals surface area contributed by atoms with E-state index in [-0.39, 0.29) is 51.3 Å². The molecule has 5 heteroatoms. The second-order valence-electron chi connectivity index (χ2n) is 0.0714. The zero-order chi connectivity index (χ0) is 2.71. The first kappa shape index (κ1) is 15.7. The van der Waals surface area contributed by atoms with E-state index in [9.17, 15) is 5.02 Å². The molecule has 0 aromatic rings. The van der Waals surface area contributed by atoms with Gasteiger partial charge in [-0.25, -0.2) is 0 Å². The molecule has 2 radical (unpaired) electrons. The summed E-state index contributed by atoms with van der Waals surface area (Å²) < 4.78 is 19.6. The van der Waals surface area contributed by atoms with Gasteiger partial charge in [0.15, 0.2) is 0 Å². The Balaban J connectivity index is -0.0000000200. The first-order valence-corrected chi connectivity index (χ1v) is 3.32. The van der Waals surface area contributed by atoms with Gasteiger partial charge in [0, 0.05) is 0 Å². The van der Waals surface area contributed by atoms with Crippen LogP contribution in [0.5, 0.6) is 0 Å². The van der Waals surface area contributed by atoms with Crippen LogP contribution in [-0.4, -0.2) is 52.8 Å². The predicted molar refractivity (Wildman–Crippen MR) is 13.7 cm³/mol. The van der Waals surface area contributed by atoms with Gasteiger partial charge >= 0.3 is 57.8 Å². The molecule has 0 saturated carbocycles. The first-order chi connectivity index (χ1) is 1.41. The van der Waals surface area contributed by atoms with Crippen LogP contribution < -0.4 is 24.0 Å². The van der Waals surface area contributed by atoms with Crippen LogP contribution in [-0.2, 0) is 0 Å². The topological polar surface area (TPSA) is 0 Å². The van der Waals surface area contributed by atoms with Crippen molar-refractivity contribution in [1.29, 1.82) is 0 Å². The Morgan fingerprint density at radius 3 is 1.20 bits per heavy atom. The van der Waals surface area contributed by atoms with Crippen molar-refractivity contribution in [2.45, 2.75) is 0 Å². The monoisotopic (exact) mass is 578 g/mol. The van der Waals surface area contributed by atoms with Crippen molar-refractivity contribution >= 4 is 52.8 Å². The molecule has 0 rings (SSSR count). The molecule has 0 saturated heterocycles. The molecule has 0 aliphatic rings. The van der Waals surface area contributed by atoms with Crippen LogP contribution in [0.1, 0.15) is 0 Å². The van der Waals surface area contributed by atoms with Crippen LogP contribution in [0.15, 0.2) is 0 Å². The number of halogens is 3. The minimum Gasteiger partial charge on any atom is -1.00 e. The van der Waals surface area contributed by atoms with E-state index in [1.165, 1.54) is 0 Å². The minimum atomic E-state index is -2.92. The Morgan fingerprint density at radius 1 is 1.20 bits per heavy atom. The summed E-state index contributed by atoms with van der Waals surface area (Å²) in [6.45, 7) is 0. The Kier molecular flexibility index (Phi) is 50.4. The largest absolute Gasteiger partial charge is 1.00 e. The van der Waals surface area contributed by atoms with E-state index < -0.39 is 25.5 Å². The van der Waals surface area contributed by atoms with Gasteiger partial charge in [-0.05, 0) is 0 Å². The maximum absolute atomic E-state index is 9.82. The normalized spacial score (nSPS) is 3.60. The molecule has 0 unspecified atom stereocenters. The summed E-state index contributed by atoms with van der Waals surface area (Å²) >= 11 is -2.92. The average molecular weight is 576 g/mol. The maximum atomic E-state index is 9.82. The molecule has 0 amide bonds. The fraction of sp³-hybridized carbons (Fsp3) is 0. The van der Waals surface area contributed by atoms with Crippen molar-refractivity contribution in [3.05, 3.63) is 0 Å². The molecule has 5 heavy (non-hydrogen) atoms. The zero-order valence-corrected chi connectivity index (χ0v) is 12.7. The van der Waals surface area contributed by atoms with E-state index in [2.05, 4.69) is 0 Å². The Hall–Kier alpha value is 2.43. The van der Waals surface area contributed by atoms with E-state index in [4.69, 9.17) is 0 Å². The van der Waals surface area contributed by atoms with Crippen LogP contribution in [0, 0.1) is 0 Å². The summed E-state index contributed by atoms with van der Waals surface area (Å²) in [6, 6.07) is 0. The van der Waals surface area contributed by atoms with E-state index in [0.29, 0.717) is 0 Å². The molecular weight excluding hydrogens is 576 g/mol. The van der Waals surface area contributed by atoms with Gasteiger partial charge in [-0.3, -0.25) is 0 Å². The van der Waals surface area contributed by atoms with Crippen LogP contribution in [0.2, 0.25) is 0 Å². The summed E-state index contributed by atoms with van der Waals surface area (Å²) in [5.41, 5.74) is 0. The third-order valence-electron chi connectivity index (χ3n) is 0. The van der Waals surface area contributed by atoms with Crippen molar-refractivity contribution < 1.29 is 29.0 Å². The molecule has 0 heterocycles. The molecule has 0 aliphatic heterocycles. The van der Waals surface area contributed by atoms with Crippen molar-refractivity contribution in [2.24, 2.45) is 0 Å². The van der Waals surface area contributed by atoms with Crippen LogP contribution in [0.4, 0.5) is 5.02 Å². The standard InChI is InChI=1S/2FH.HI.Pb.Tl/h3*1H;;/q;;;+2;+1/p-3. The average Bonchev–Trinajstić information content (AvgIpc) is 0.918. The summed E-state index contributed by atoms with van der Waals surface area (Å²) in [4.78, 5) is 0. The summed E-state index contributed by atoms with van der Waals surface area (Å²) in [7, 11) is 0. The molecular formula is F2IPbTl. The maximum Gasteiger partial charge on any atom is 1.00 e. The molecule has 0 aromatic carbocycles. The molecule has 0 fully saturated rings. The SMILES string of the molecule is [F][Pb][F].[I-].[Tl+]. The van der Waals surface area contributed by atoms with Crippen LogP contribution >= 0.6 is 0 Å². The molecule has 0 N–H and O–H groups in total. The quantitative estimate of drug-likeness (QED) is 0.215. The molecule has 0 aliphatic carbocycles. The van der Waals surface area contributed by atoms with Gasteiger partial charge in [0.1, 0.15) is 0 Å². The Labute approximate surface area is 80.3 Å². The van der Waals surface area contributed by atoms with Gasteiger partial charge in [-0.1, -0.05) is 0 Å². The minimum absolute atomic E-state index is 0. The molecule has 0 bridgehead atoms. The van der Waals surface area contributed by atoms with Gasteiger partial charge < -0.3 is 24.0 Å². The molecule has 0 spiro atoms. The summed E-state index contributed by atoms with van der Waals surface area (Å²) in [5, 5.41) is 0. The molecule has 0 atom stereocenters. The van der Waals surface area contributed by atoms with Crippen molar-refractivity contribution in [1.82, 2.24) is 0 Å². The van der Waals surface area contributed by atoms with Gasteiger partial charge in [0.2, 0.25) is 0 Å². The van der Waals surface area contributed by atoms with Crippen molar-refractivity contribution in [2.75, 3.05) is 0 Å². The first-order valence-electron chi connectivity index (χ1n) is 0.378. The smallest absolute Gasteiger partial charge is 1.00 e. The Morgan fingerprint density at radius 2 is 1.20 bits per heavy atom. The number of hydrogen-bond donors (Lipinski definition) is 0. The van der Waals surface area contributed by atoms with Crippen LogP contribution in [0.3, 0.4) is 0 Å². The molecule has 0 nitrogen and oxygen atoms in total. The predicted octanol–water partition coefficient (Wildman–Crippen LogP) is -2.92. The van der Waals surface area contributed by atoms with Crippen molar-refractivity contribution in [3.63, 3.8) is 0 Å². The zero-order valence-electron chi connectivity index (χ0n) is 2.21. The fourth-order valence-electron chi connectivity index (χ4n) is 0. The van der Waals surface area contributed by atoms with Crippen molar-refractivity contribution in [3.8, 4) is 0 Å². The van der Waals surface area contributed by atoms with Gasteiger partial charge in [-0.2, -0.15) is 0 Å². The third kappa shape index (κ3) is 21.4. The van der Waals surface area contributed by atoms with E-state index >= 15 is 0 Å². The Bertz CT molecular complexity index is 9.61. The summed E-state index contributed by atoms with van der Waals surface area (Å²) in [6.07, 6.45) is 0. The number of rotatable bonds is 0. The van der Waals surface area contributed by atoms with E-state index in [0.717, 1.165) is 0 Å². The summed E-state index contributed by atoms with van der Waals surface area (Å²) in [5.74, 6) is 0. The number of hydrogen-bond acceptors (Lipinski definition) is 0. The van der Waals surface area contributed by atoms with E-state index in [1.54, 1.807) is 0 Å². The second kappa shape index (κ2) is 16.1. The van der Waals surface area contributed by atoms with Gasteiger partial charge in [-0.15, -0.1) is 0 Å². The van der Waals surface area contributed by atoms with Crippen LogP contribution in [0.25, 0.3) is 0 Å². The molecule has 0 aromatic heterocycles. The third-order valence-corrected chi connectivity index (χ3v) is 0. The van der Waals surface area contributed by atoms with E-state index in [1.807, 2.05) is 0 Å².